The number of hydrogen-bond acceptors (Lipinski definition) is 5. The molecule has 0 unspecified atom stereocenters. The molecule has 2 saturated heterocycles. The number of ether oxygens (including phenoxy) is 1. The predicted molar refractivity (Wildman–Crippen MR) is 79.9 cm³/mol. The fourth-order valence-corrected chi connectivity index (χ4v) is 5.62. The van der Waals surface area contributed by atoms with E-state index >= 15 is 0 Å². The lowest BCUT2D eigenvalue weighted by atomic mass is 9.68. The summed E-state index contributed by atoms with van der Waals surface area (Å²) in [5.41, 5.74) is -0.302. The van der Waals surface area contributed by atoms with Gasteiger partial charge in [0.05, 0.1) is 18.1 Å². The number of carbonyl (C=O) groups excluding carboxylic acids is 1. The van der Waals surface area contributed by atoms with Gasteiger partial charge in [0.15, 0.2) is 0 Å². The van der Waals surface area contributed by atoms with Crippen LogP contribution in [0, 0.1) is 29.1 Å². The van der Waals surface area contributed by atoms with Crippen LogP contribution in [0.2, 0.25) is 0 Å². The molecule has 2 N–H and O–H groups in total. The zero-order valence-electron chi connectivity index (χ0n) is 13.4. The first kappa shape index (κ1) is 14.9. The van der Waals surface area contributed by atoms with Crippen molar-refractivity contribution in [2.45, 2.75) is 51.4 Å². The highest BCUT2D eigenvalue weighted by Gasteiger charge is 2.60. The highest BCUT2D eigenvalue weighted by Crippen LogP contribution is 2.57. The molecule has 5 nitrogen and oxygen atoms in total. The van der Waals surface area contributed by atoms with Crippen molar-refractivity contribution in [2.75, 3.05) is 19.6 Å². The van der Waals surface area contributed by atoms with Crippen molar-refractivity contribution in [2.24, 2.45) is 29.1 Å². The maximum Gasteiger partial charge on any atom is 0.310 e. The van der Waals surface area contributed by atoms with E-state index in [0.717, 1.165) is 32.5 Å². The molecule has 4 fully saturated rings. The second-order valence-electron chi connectivity index (χ2n) is 8.31. The molecule has 0 amide bonds. The Hall–Kier alpha value is -0.650. The van der Waals surface area contributed by atoms with Gasteiger partial charge in [-0.1, -0.05) is 13.8 Å². The van der Waals surface area contributed by atoms with Crippen LogP contribution < -0.4 is 0 Å². The zero-order valence-corrected chi connectivity index (χ0v) is 13.4. The first-order chi connectivity index (χ1) is 10.4. The average Bonchev–Trinajstić information content (AvgIpc) is 3.17. The molecule has 22 heavy (non-hydrogen) atoms. The highest BCUT2D eigenvalue weighted by atomic mass is 16.6. The van der Waals surface area contributed by atoms with E-state index in [1.807, 2.05) is 0 Å². The maximum atomic E-state index is 12.3. The molecule has 0 aromatic heterocycles. The van der Waals surface area contributed by atoms with Crippen LogP contribution >= 0.6 is 0 Å². The standard InChI is InChI=1S/C17H27NO4/c1-9-5-13-10(11(16(21)22-13)8-18-3-4-18)7-17(2)14(20)6-12(19)15(9)17/h9-15,19-20H,3-8H2,1-2H3/t9-,10-,11-,12+,13-,14-,15-,17-/m0/s1. The molecule has 0 spiro atoms. The number of esters is 1. The van der Waals surface area contributed by atoms with E-state index in [2.05, 4.69) is 18.7 Å². The molecule has 5 heteroatoms. The molecular weight excluding hydrogens is 282 g/mol. The molecule has 2 aliphatic carbocycles. The molecule has 0 aromatic rings. The van der Waals surface area contributed by atoms with Crippen molar-refractivity contribution in [3.05, 3.63) is 0 Å². The maximum absolute atomic E-state index is 12.3. The molecule has 4 aliphatic rings. The predicted octanol–water partition coefficient (Wildman–Crippen LogP) is 0.638. The summed E-state index contributed by atoms with van der Waals surface area (Å²) in [4.78, 5) is 14.6. The van der Waals surface area contributed by atoms with Gasteiger partial charge in [-0.15, -0.1) is 0 Å². The van der Waals surface area contributed by atoms with Gasteiger partial charge in [0.25, 0.3) is 0 Å². The molecular formula is C17H27NO4. The molecule has 4 rings (SSSR count). The van der Waals surface area contributed by atoms with Gasteiger partial charge in [0.2, 0.25) is 0 Å². The van der Waals surface area contributed by atoms with Crippen molar-refractivity contribution < 1.29 is 19.7 Å². The Labute approximate surface area is 131 Å². The lowest BCUT2D eigenvalue weighted by Crippen LogP contribution is -2.39. The number of fused-ring (bicyclic) bond motifs is 2. The number of nitrogens with zero attached hydrogens (tertiary/aromatic N) is 1. The van der Waals surface area contributed by atoms with Crippen LogP contribution in [-0.4, -0.2) is 59.0 Å². The lowest BCUT2D eigenvalue weighted by molar-refractivity contribution is -0.145. The van der Waals surface area contributed by atoms with Crippen LogP contribution in [0.1, 0.15) is 33.1 Å². The van der Waals surface area contributed by atoms with E-state index in [4.69, 9.17) is 4.74 Å². The Balaban J connectivity index is 1.64. The number of aliphatic hydroxyl groups excluding tert-OH is 2. The minimum absolute atomic E-state index is 0.0331. The first-order valence-corrected chi connectivity index (χ1v) is 8.69. The smallest absolute Gasteiger partial charge is 0.310 e. The Bertz CT molecular complexity index is 479. The van der Waals surface area contributed by atoms with E-state index in [9.17, 15) is 15.0 Å². The summed E-state index contributed by atoms with van der Waals surface area (Å²) in [7, 11) is 0. The van der Waals surface area contributed by atoms with E-state index in [-0.39, 0.29) is 41.2 Å². The third kappa shape index (κ3) is 2.13. The van der Waals surface area contributed by atoms with Crippen LogP contribution in [0.25, 0.3) is 0 Å². The van der Waals surface area contributed by atoms with Gasteiger partial charge in [0, 0.05) is 32.0 Å². The SMILES string of the molecule is C[C@H]1C[C@@H]2OC(=O)[C@@H](CN3CC3)[C@@H]2C[C@]2(C)[C@@H]1[C@H](O)C[C@@H]2O. The minimum atomic E-state index is -0.480. The summed E-state index contributed by atoms with van der Waals surface area (Å²) in [5, 5.41) is 21.0. The van der Waals surface area contributed by atoms with Gasteiger partial charge < -0.3 is 14.9 Å². The van der Waals surface area contributed by atoms with E-state index in [1.54, 1.807) is 0 Å². The second-order valence-corrected chi connectivity index (χ2v) is 8.31. The largest absolute Gasteiger partial charge is 0.462 e. The average molecular weight is 309 g/mol. The van der Waals surface area contributed by atoms with Gasteiger partial charge in [-0.2, -0.15) is 0 Å². The molecule has 2 heterocycles. The fourth-order valence-electron chi connectivity index (χ4n) is 5.62. The Morgan fingerprint density at radius 3 is 2.73 bits per heavy atom. The summed E-state index contributed by atoms with van der Waals surface area (Å²) in [6.07, 6.45) is 1.12. The van der Waals surface area contributed by atoms with Crippen molar-refractivity contribution in [3.8, 4) is 0 Å². The molecule has 0 radical (unpaired) electrons. The van der Waals surface area contributed by atoms with Crippen LogP contribution in [-0.2, 0) is 9.53 Å². The molecule has 0 bridgehead atoms. The molecule has 2 aliphatic heterocycles. The monoisotopic (exact) mass is 309 g/mol. The Morgan fingerprint density at radius 1 is 1.32 bits per heavy atom. The summed E-state index contributed by atoms with van der Waals surface area (Å²) < 4.78 is 5.71. The van der Waals surface area contributed by atoms with Gasteiger partial charge in [0.1, 0.15) is 6.10 Å². The van der Waals surface area contributed by atoms with Gasteiger partial charge >= 0.3 is 5.97 Å². The van der Waals surface area contributed by atoms with E-state index < -0.39 is 12.2 Å². The van der Waals surface area contributed by atoms with Gasteiger partial charge in [-0.3, -0.25) is 9.69 Å². The van der Waals surface area contributed by atoms with E-state index in [0.29, 0.717) is 6.42 Å². The number of carbonyl (C=O) groups is 1. The number of aliphatic hydroxyl groups is 2. The number of hydrogen-bond donors (Lipinski definition) is 2. The Kier molecular flexibility index (Phi) is 3.34. The Morgan fingerprint density at radius 2 is 2.05 bits per heavy atom. The molecule has 124 valence electrons. The van der Waals surface area contributed by atoms with Crippen LogP contribution in [0.4, 0.5) is 0 Å². The van der Waals surface area contributed by atoms with Gasteiger partial charge in [-0.25, -0.2) is 0 Å². The minimum Gasteiger partial charge on any atom is -0.462 e. The number of rotatable bonds is 2. The first-order valence-electron chi connectivity index (χ1n) is 8.69. The third-order valence-electron chi connectivity index (χ3n) is 6.85. The van der Waals surface area contributed by atoms with Crippen molar-refractivity contribution >= 4 is 5.97 Å². The molecule has 8 atom stereocenters. The normalized spacial score (nSPS) is 54.5. The van der Waals surface area contributed by atoms with Gasteiger partial charge in [-0.05, 0) is 30.1 Å². The summed E-state index contributed by atoms with van der Waals surface area (Å²) in [6, 6.07) is 0. The van der Waals surface area contributed by atoms with Crippen LogP contribution in [0.5, 0.6) is 0 Å². The van der Waals surface area contributed by atoms with Crippen LogP contribution in [0.3, 0.4) is 0 Å². The highest BCUT2D eigenvalue weighted by molar-refractivity contribution is 5.75. The summed E-state index contributed by atoms with van der Waals surface area (Å²) in [6.45, 7) is 7.21. The summed E-state index contributed by atoms with van der Waals surface area (Å²) >= 11 is 0. The summed E-state index contributed by atoms with van der Waals surface area (Å²) in [5.74, 6) is 0.448. The van der Waals surface area contributed by atoms with Crippen molar-refractivity contribution in [3.63, 3.8) is 0 Å². The fraction of sp³-hybridized carbons (Fsp3) is 0.941. The van der Waals surface area contributed by atoms with Crippen molar-refractivity contribution in [1.82, 2.24) is 4.90 Å². The van der Waals surface area contributed by atoms with E-state index in [1.165, 1.54) is 0 Å². The van der Waals surface area contributed by atoms with Crippen molar-refractivity contribution in [1.29, 1.82) is 0 Å². The molecule has 0 aromatic carbocycles. The lowest BCUT2D eigenvalue weighted by Gasteiger charge is -2.38. The third-order valence-corrected chi connectivity index (χ3v) is 6.85. The topological polar surface area (TPSA) is 69.8 Å². The second kappa shape index (κ2) is 4.92. The quantitative estimate of drug-likeness (QED) is 0.579. The molecule has 2 saturated carbocycles. The zero-order chi connectivity index (χ0) is 15.6. The van der Waals surface area contributed by atoms with Crippen LogP contribution in [0.15, 0.2) is 0 Å².